The molecule has 7 nitrogen and oxygen atoms in total. The Bertz CT molecular complexity index is 978. The van der Waals surface area contributed by atoms with Crippen molar-refractivity contribution >= 4 is 5.82 Å². The molecule has 0 amide bonds. The van der Waals surface area contributed by atoms with Gasteiger partial charge >= 0.3 is 0 Å². The molecule has 1 saturated heterocycles. The van der Waals surface area contributed by atoms with Gasteiger partial charge in [-0.2, -0.15) is 5.10 Å². The number of hydrogen-bond donors (Lipinski definition) is 1. The van der Waals surface area contributed by atoms with E-state index in [1.54, 1.807) is 17.0 Å². The minimum atomic E-state index is -0.0144. The summed E-state index contributed by atoms with van der Waals surface area (Å²) in [5.41, 5.74) is 0.985. The van der Waals surface area contributed by atoms with Crippen LogP contribution in [-0.4, -0.2) is 37.8 Å². The van der Waals surface area contributed by atoms with E-state index in [1.165, 1.54) is 0 Å². The SMILES string of the molecule is CC(C)Cn1ccnc(N2CCC[C@H](c3nc(-c4ccccc4)n[nH]3)C2)c1=O. The molecule has 0 radical (unpaired) electrons. The molecule has 0 bridgehead atoms. The highest BCUT2D eigenvalue weighted by Crippen LogP contribution is 2.27. The second-order valence-corrected chi connectivity index (χ2v) is 7.80. The highest BCUT2D eigenvalue weighted by molar-refractivity contribution is 5.54. The number of piperidine rings is 1. The molecule has 1 aromatic carbocycles. The summed E-state index contributed by atoms with van der Waals surface area (Å²) in [5, 5.41) is 7.49. The number of rotatable bonds is 5. The number of aromatic nitrogens is 5. The summed E-state index contributed by atoms with van der Waals surface area (Å²) in [6.07, 6.45) is 5.51. The molecule has 146 valence electrons. The topological polar surface area (TPSA) is 79.7 Å². The van der Waals surface area contributed by atoms with Crippen LogP contribution in [0.2, 0.25) is 0 Å². The van der Waals surface area contributed by atoms with Crippen molar-refractivity contribution in [2.45, 2.75) is 39.2 Å². The molecular formula is C21H26N6O. The van der Waals surface area contributed by atoms with Gasteiger partial charge in [0.2, 0.25) is 0 Å². The Labute approximate surface area is 164 Å². The first-order valence-corrected chi connectivity index (χ1v) is 9.90. The third-order valence-electron chi connectivity index (χ3n) is 5.10. The molecule has 1 aliphatic rings. The summed E-state index contributed by atoms with van der Waals surface area (Å²) in [4.78, 5) is 24.1. The van der Waals surface area contributed by atoms with Crippen LogP contribution < -0.4 is 10.5 Å². The van der Waals surface area contributed by atoms with Crippen LogP contribution in [0.25, 0.3) is 11.4 Å². The maximum absolute atomic E-state index is 12.9. The van der Waals surface area contributed by atoms with Crippen LogP contribution in [0.5, 0.6) is 0 Å². The summed E-state index contributed by atoms with van der Waals surface area (Å²) in [6.45, 7) is 6.48. The van der Waals surface area contributed by atoms with Crippen LogP contribution in [0.15, 0.2) is 47.5 Å². The van der Waals surface area contributed by atoms with Gasteiger partial charge in [0.25, 0.3) is 5.56 Å². The Balaban J connectivity index is 1.54. The lowest BCUT2D eigenvalue weighted by Crippen LogP contribution is -2.40. The highest BCUT2D eigenvalue weighted by Gasteiger charge is 2.26. The Morgan fingerprint density at radius 2 is 2.07 bits per heavy atom. The number of hydrogen-bond acceptors (Lipinski definition) is 5. The van der Waals surface area contributed by atoms with E-state index >= 15 is 0 Å². The molecule has 0 saturated carbocycles. The van der Waals surface area contributed by atoms with E-state index in [-0.39, 0.29) is 11.5 Å². The Morgan fingerprint density at radius 1 is 1.25 bits per heavy atom. The van der Waals surface area contributed by atoms with Gasteiger partial charge in [-0.05, 0) is 18.8 Å². The first-order valence-electron chi connectivity index (χ1n) is 9.90. The van der Waals surface area contributed by atoms with Crippen LogP contribution in [0.3, 0.4) is 0 Å². The maximum atomic E-state index is 12.9. The van der Waals surface area contributed by atoms with Crippen molar-refractivity contribution in [2.75, 3.05) is 18.0 Å². The minimum Gasteiger partial charge on any atom is -0.351 e. The van der Waals surface area contributed by atoms with Gasteiger partial charge in [-0.25, -0.2) is 9.97 Å². The van der Waals surface area contributed by atoms with Crippen molar-refractivity contribution in [3.63, 3.8) is 0 Å². The average Bonchev–Trinajstić information content (AvgIpc) is 3.20. The highest BCUT2D eigenvalue weighted by atomic mass is 16.1. The fraction of sp³-hybridized carbons (Fsp3) is 0.429. The lowest BCUT2D eigenvalue weighted by Gasteiger charge is -2.32. The van der Waals surface area contributed by atoms with Crippen LogP contribution >= 0.6 is 0 Å². The Morgan fingerprint density at radius 3 is 2.86 bits per heavy atom. The lowest BCUT2D eigenvalue weighted by molar-refractivity contribution is 0.479. The molecule has 1 fully saturated rings. The molecule has 1 aliphatic heterocycles. The molecule has 0 unspecified atom stereocenters. The Kier molecular flexibility index (Phi) is 5.23. The number of H-pyrrole nitrogens is 1. The summed E-state index contributed by atoms with van der Waals surface area (Å²) >= 11 is 0. The zero-order chi connectivity index (χ0) is 19.5. The van der Waals surface area contributed by atoms with Gasteiger partial charge in [-0.1, -0.05) is 44.2 Å². The van der Waals surface area contributed by atoms with Gasteiger partial charge in [0.05, 0.1) is 0 Å². The maximum Gasteiger partial charge on any atom is 0.293 e. The summed E-state index contributed by atoms with van der Waals surface area (Å²) in [5.74, 6) is 2.74. The van der Waals surface area contributed by atoms with Crippen molar-refractivity contribution in [1.29, 1.82) is 0 Å². The predicted octanol–water partition coefficient (Wildman–Crippen LogP) is 3.07. The van der Waals surface area contributed by atoms with Gasteiger partial charge in [0.15, 0.2) is 11.6 Å². The van der Waals surface area contributed by atoms with Gasteiger partial charge in [0, 0.05) is 43.5 Å². The van der Waals surface area contributed by atoms with E-state index in [0.29, 0.717) is 24.1 Å². The standard InChI is InChI=1S/C21H26N6O/c1-15(2)13-27-12-10-22-20(21(27)28)26-11-6-9-17(14-26)19-23-18(24-25-19)16-7-4-3-5-8-16/h3-5,7-8,10,12,15,17H,6,9,11,13-14H2,1-2H3,(H,23,24,25)/t17-/m0/s1. The van der Waals surface area contributed by atoms with E-state index in [4.69, 9.17) is 4.98 Å². The number of benzene rings is 1. The molecule has 3 aromatic rings. The normalized spacial score (nSPS) is 17.2. The van der Waals surface area contributed by atoms with E-state index < -0.39 is 0 Å². The third-order valence-corrected chi connectivity index (χ3v) is 5.10. The van der Waals surface area contributed by atoms with Crippen LogP contribution in [0.1, 0.15) is 38.4 Å². The fourth-order valence-electron chi connectivity index (χ4n) is 3.76. The first kappa shape index (κ1) is 18.4. The second kappa shape index (κ2) is 7.96. The molecule has 1 atom stereocenters. The summed E-state index contributed by atoms with van der Waals surface area (Å²) in [6, 6.07) is 9.96. The van der Waals surface area contributed by atoms with Gasteiger partial charge < -0.3 is 9.47 Å². The van der Waals surface area contributed by atoms with E-state index in [1.807, 2.05) is 30.3 Å². The molecule has 0 aliphatic carbocycles. The van der Waals surface area contributed by atoms with E-state index in [2.05, 4.69) is 33.9 Å². The molecule has 1 N–H and O–H groups in total. The smallest absolute Gasteiger partial charge is 0.293 e. The van der Waals surface area contributed by atoms with Gasteiger partial charge in [-0.15, -0.1) is 0 Å². The number of nitrogens with zero attached hydrogens (tertiary/aromatic N) is 5. The quantitative estimate of drug-likeness (QED) is 0.738. The largest absolute Gasteiger partial charge is 0.351 e. The van der Waals surface area contributed by atoms with Crippen molar-refractivity contribution in [3.05, 3.63) is 58.9 Å². The Hall–Kier alpha value is -2.96. The fourth-order valence-corrected chi connectivity index (χ4v) is 3.76. The second-order valence-electron chi connectivity index (χ2n) is 7.80. The zero-order valence-electron chi connectivity index (χ0n) is 16.4. The van der Waals surface area contributed by atoms with Crippen molar-refractivity contribution < 1.29 is 0 Å². The van der Waals surface area contributed by atoms with E-state index in [0.717, 1.165) is 37.3 Å². The molecule has 7 heteroatoms. The van der Waals surface area contributed by atoms with Crippen LogP contribution in [0, 0.1) is 5.92 Å². The lowest BCUT2D eigenvalue weighted by atomic mass is 9.97. The first-order chi connectivity index (χ1) is 13.6. The van der Waals surface area contributed by atoms with Crippen LogP contribution in [0.4, 0.5) is 5.82 Å². The average molecular weight is 378 g/mol. The number of nitrogens with one attached hydrogen (secondary N) is 1. The predicted molar refractivity (Wildman–Crippen MR) is 109 cm³/mol. The summed E-state index contributed by atoms with van der Waals surface area (Å²) < 4.78 is 1.76. The van der Waals surface area contributed by atoms with Crippen molar-refractivity contribution in [3.8, 4) is 11.4 Å². The molecular weight excluding hydrogens is 352 g/mol. The molecule has 4 rings (SSSR count). The molecule has 0 spiro atoms. The van der Waals surface area contributed by atoms with E-state index in [9.17, 15) is 4.79 Å². The number of aromatic amines is 1. The van der Waals surface area contributed by atoms with Gasteiger partial charge in [0.1, 0.15) is 5.82 Å². The number of anilines is 1. The molecule has 2 aromatic heterocycles. The van der Waals surface area contributed by atoms with Gasteiger partial charge in [-0.3, -0.25) is 9.89 Å². The van der Waals surface area contributed by atoms with Crippen LogP contribution in [-0.2, 0) is 6.54 Å². The monoisotopic (exact) mass is 378 g/mol. The molecule has 3 heterocycles. The third kappa shape index (κ3) is 3.83. The van der Waals surface area contributed by atoms with Crippen molar-refractivity contribution in [1.82, 2.24) is 24.7 Å². The minimum absolute atomic E-state index is 0.0144. The molecule has 28 heavy (non-hydrogen) atoms. The summed E-state index contributed by atoms with van der Waals surface area (Å²) in [7, 11) is 0. The zero-order valence-corrected chi connectivity index (χ0v) is 16.4. The van der Waals surface area contributed by atoms with Crippen molar-refractivity contribution in [2.24, 2.45) is 5.92 Å².